The summed E-state index contributed by atoms with van der Waals surface area (Å²) in [6.07, 6.45) is -0.613. The number of hydrogen-bond acceptors (Lipinski definition) is 3. The number of nitrogens with zero attached hydrogens (tertiary/aromatic N) is 1. The number of carbonyl (C=O) groups is 2. The van der Waals surface area contributed by atoms with Crippen molar-refractivity contribution in [1.82, 2.24) is 4.90 Å². The van der Waals surface area contributed by atoms with E-state index < -0.39 is 18.0 Å². The second kappa shape index (κ2) is 6.67. The summed E-state index contributed by atoms with van der Waals surface area (Å²) < 4.78 is 18.6. The van der Waals surface area contributed by atoms with Crippen molar-refractivity contribution in [3.05, 3.63) is 35.6 Å². The van der Waals surface area contributed by atoms with Gasteiger partial charge in [-0.05, 0) is 24.6 Å². The van der Waals surface area contributed by atoms with Crippen molar-refractivity contribution in [2.24, 2.45) is 0 Å². The van der Waals surface area contributed by atoms with Gasteiger partial charge < -0.3 is 14.7 Å². The standard InChI is InChI=1S/C15H18FNO4/c1-10(11-3-2-4-12(16)7-11)15(20)17-5-6-21-13(9-17)8-14(18)19/h2-4,7,10,13H,5-6,8-9H2,1H3,(H,18,19)/t10-,13+/m0/s1. The minimum atomic E-state index is -0.951. The van der Waals surface area contributed by atoms with Gasteiger partial charge in [0, 0.05) is 13.1 Å². The van der Waals surface area contributed by atoms with Crippen LogP contribution in [-0.4, -0.2) is 47.7 Å². The molecule has 21 heavy (non-hydrogen) atoms. The van der Waals surface area contributed by atoms with Gasteiger partial charge in [0.1, 0.15) is 5.82 Å². The Morgan fingerprint density at radius 2 is 2.29 bits per heavy atom. The monoisotopic (exact) mass is 295 g/mol. The quantitative estimate of drug-likeness (QED) is 0.917. The Morgan fingerprint density at radius 1 is 1.52 bits per heavy atom. The minimum absolute atomic E-state index is 0.127. The third-order valence-corrected chi connectivity index (χ3v) is 3.57. The first-order valence-corrected chi connectivity index (χ1v) is 6.85. The third kappa shape index (κ3) is 4.01. The van der Waals surface area contributed by atoms with E-state index in [1.54, 1.807) is 24.0 Å². The highest BCUT2D eigenvalue weighted by Gasteiger charge is 2.29. The average Bonchev–Trinajstić information content (AvgIpc) is 2.45. The lowest BCUT2D eigenvalue weighted by Crippen LogP contribution is -2.47. The van der Waals surface area contributed by atoms with E-state index in [9.17, 15) is 14.0 Å². The van der Waals surface area contributed by atoms with Gasteiger partial charge in [-0.15, -0.1) is 0 Å². The molecule has 5 nitrogen and oxygen atoms in total. The van der Waals surface area contributed by atoms with Crippen LogP contribution in [-0.2, 0) is 14.3 Å². The molecule has 1 aromatic carbocycles. The summed E-state index contributed by atoms with van der Waals surface area (Å²) in [5.41, 5.74) is 0.612. The number of hydrogen-bond donors (Lipinski definition) is 1. The summed E-state index contributed by atoms with van der Waals surface area (Å²) >= 11 is 0. The first kappa shape index (κ1) is 15.4. The highest BCUT2D eigenvalue weighted by atomic mass is 19.1. The second-order valence-corrected chi connectivity index (χ2v) is 5.15. The number of rotatable bonds is 4. The zero-order valence-electron chi connectivity index (χ0n) is 11.8. The molecule has 0 saturated carbocycles. The molecule has 2 atom stereocenters. The van der Waals surface area contributed by atoms with Crippen LogP contribution in [0.15, 0.2) is 24.3 Å². The molecule has 0 aromatic heterocycles. The Balaban J connectivity index is 2.03. The Bertz CT molecular complexity index is 534. The van der Waals surface area contributed by atoms with Crippen LogP contribution < -0.4 is 0 Å². The topological polar surface area (TPSA) is 66.8 Å². The Labute approximate surface area is 122 Å². The van der Waals surface area contributed by atoms with Crippen LogP contribution >= 0.6 is 0 Å². The van der Waals surface area contributed by atoms with E-state index in [4.69, 9.17) is 9.84 Å². The molecule has 1 aromatic rings. The largest absolute Gasteiger partial charge is 0.481 e. The van der Waals surface area contributed by atoms with Crippen molar-refractivity contribution in [2.75, 3.05) is 19.7 Å². The molecule has 1 aliphatic rings. The molecule has 114 valence electrons. The van der Waals surface area contributed by atoms with Gasteiger partial charge in [0.05, 0.1) is 25.0 Å². The van der Waals surface area contributed by atoms with Crippen molar-refractivity contribution < 1.29 is 23.8 Å². The Kier molecular flexibility index (Phi) is 4.90. The first-order valence-electron chi connectivity index (χ1n) is 6.85. The summed E-state index contributed by atoms with van der Waals surface area (Å²) in [5.74, 6) is -1.94. The third-order valence-electron chi connectivity index (χ3n) is 3.57. The van der Waals surface area contributed by atoms with Crippen LogP contribution in [0, 0.1) is 5.82 Å². The van der Waals surface area contributed by atoms with Crippen LogP contribution in [0.25, 0.3) is 0 Å². The zero-order chi connectivity index (χ0) is 15.4. The number of carboxylic acid groups (broad SMARTS) is 1. The predicted octanol–water partition coefficient (Wildman–Crippen LogP) is 1.63. The lowest BCUT2D eigenvalue weighted by Gasteiger charge is -2.34. The predicted molar refractivity (Wildman–Crippen MR) is 73.4 cm³/mol. The normalized spacial score (nSPS) is 20.1. The number of aliphatic carboxylic acids is 1. The zero-order valence-corrected chi connectivity index (χ0v) is 11.8. The highest BCUT2D eigenvalue weighted by Crippen LogP contribution is 2.21. The summed E-state index contributed by atoms with van der Waals surface area (Å²) in [6.45, 7) is 2.72. The smallest absolute Gasteiger partial charge is 0.306 e. The summed E-state index contributed by atoms with van der Waals surface area (Å²) in [4.78, 5) is 24.7. The second-order valence-electron chi connectivity index (χ2n) is 5.15. The molecule has 1 N–H and O–H groups in total. The number of ether oxygens (including phenoxy) is 1. The van der Waals surface area contributed by atoms with E-state index in [-0.39, 0.29) is 24.7 Å². The number of carbonyl (C=O) groups excluding carboxylic acids is 1. The first-order chi connectivity index (χ1) is 9.97. The number of amides is 1. The molecule has 1 fully saturated rings. The summed E-state index contributed by atoms with van der Waals surface area (Å²) in [5, 5.41) is 8.78. The van der Waals surface area contributed by atoms with Gasteiger partial charge in [-0.3, -0.25) is 9.59 Å². The van der Waals surface area contributed by atoms with Crippen LogP contribution in [0.1, 0.15) is 24.8 Å². The average molecular weight is 295 g/mol. The van der Waals surface area contributed by atoms with Gasteiger partial charge in [0.15, 0.2) is 0 Å². The van der Waals surface area contributed by atoms with E-state index in [2.05, 4.69) is 0 Å². The highest BCUT2D eigenvalue weighted by molar-refractivity contribution is 5.83. The molecule has 1 saturated heterocycles. The number of carboxylic acids is 1. The van der Waals surface area contributed by atoms with E-state index >= 15 is 0 Å². The van der Waals surface area contributed by atoms with E-state index in [0.29, 0.717) is 18.7 Å². The van der Waals surface area contributed by atoms with Crippen LogP contribution in [0.4, 0.5) is 4.39 Å². The van der Waals surface area contributed by atoms with Gasteiger partial charge in [-0.25, -0.2) is 4.39 Å². The minimum Gasteiger partial charge on any atom is -0.481 e. The lowest BCUT2D eigenvalue weighted by molar-refractivity contribution is -0.148. The Morgan fingerprint density at radius 3 is 2.95 bits per heavy atom. The van der Waals surface area contributed by atoms with Gasteiger partial charge >= 0.3 is 5.97 Å². The van der Waals surface area contributed by atoms with E-state index in [0.717, 1.165) is 0 Å². The molecule has 1 heterocycles. The number of halogens is 1. The molecule has 0 bridgehead atoms. The fourth-order valence-corrected chi connectivity index (χ4v) is 2.43. The van der Waals surface area contributed by atoms with Crippen LogP contribution in [0.2, 0.25) is 0 Å². The molecule has 0 radical (unpaired) electrons. The summed E-state index contributed by atoms with van der Waals surface area (Å²) in [6, 6.07) is 5.96. The number of morpholine rings is 1. The van der Waals surface area contributed by atoms with E-state index in [1.807, 2.05) is 0 Å². The molecule has 6 heteroatoms. The number of benzene rings is 1. The summed E-state index contributed by atoms with van der Waals surface area (Å²) in [7, 11) is 0. The maximum Gasteiger partial charge on any atom is 0.306 e. The van der Waals surface area contributed by atoms with Crippen molar-refractivity contribution in [3.63, 3.8) is 0 Å². The molecule has 0 unspecified atom stereocenters. The molecular weight excluding hydrogens is 277 g/mol. The van der Waals surface area contributed by atoms with Crippen LogP contribution in [0.3, 0.4) is 0 Å². The molecule has 2 rings (SSSR count). The molecule has 1 amide bonds. The van der Waals surface area contributed by atoms with Gasteiger partial charge in [-0.2, -0.15) is 0 Å². The van der Waals surface area contributed by atoms with E-state index in [1.165, 1.54) is 12.1 Å². The fraction of sp³-hybridized carbons (Fsp3) is 0.467. The van der Waals surface area contributed by atoms with Gasteiger partial charge in [0.25, 0.3) is 0 Å². The van der Waals surface area contributed by atoms with Crippen molar-refractivity contribution >= 4 is 11.9 Å². The molecule has 0 aliphatic carbocycles. The van der Waals surface area contributed by atoms with Crippen molar-refractivity contribution in [2.45, 2.75) is 25.4 Å². The van der Waals surface area contributed by atoms with Crippen LogP contribution in [0.5, 0.6) is 0 Å². The maximum absolute atomic E-state index is 13.2. The molecular formula is C15H18FNO4. The maximum atomic E-state index is 13.2. The SMILES string of the molecule is C[C@H](C(=O)N1CCO[C@H](CC(=O)O)C1)c1cccc(F)c1. The molecule has 1 aliphatic heterocycles. The van der Waals surface area contributed by atoms with Crippen molar-refractivity contribution in [3.8, 4) is 0 Å². The Hall–Kier alpha value is -1.95. The van der Waals surface area contributed by atoms with Crippen molar-refractivity contribution in [1.29, 1.82) is 0 Å². The molecule has 0 spiro atoms. The fourth-order valence-electron chi connectivity index (χ4n) is 2.43. The van der Waals surface area contributed by atoms with Gasteiger partial charge in [-0.1, -0.05) is 12.1 Å². The lowest BCUT2D eigenvalue weighted by atomic mass is 9.99. The van der Waals surface area contributed by atoms with Gasteiger partial charge in [0.2, 0.25) is 5.91 Å².